The number of carboxylic acid groups (broad SMARTS) is 1. The molecule has 5 nitrogen and oxygen atoms in total. The average Bonchev–Trinajstić information content (AvgIpc) is 2.02. The molecule has 5 heteroatoms. The second-order valence-electron chi connectivity index (χ2n) is 2.07. The van der Waals surface area contributed by atoms with Gasteiger partial charge in [-0.05, 0) is 0 Å². The van der Waals surface area contributed by atoms with Gasteiger partial charge in [-0.2, -0.15) is 0 Å². The second-order valence-corrected chi connectivity index (χ2v) is 2.07. The number of carbonyl (C=O) groups is 1. The normalized spacial score (nSPS) is 9.75. The van der Waals surface area contributed by atoms with E-state index >= 15 is 0 Å². The average molecular weight is 178 g/mol. The fourth-order valence-electron chi connectivity index (χ4n) is 0.565. The molecule has 0 aliphatic carbocycles. The topological polar surface area (TPSA) is 65.0 Å². The van der Waals surface area contributed by atoms with Gasteiger partial charge in [0.25, 0.3) is 0 Å². The first kappa shape index (κ1) is 11.2. The van der Waals surface area contributed by atoms with Crippen LogP contribution in [-0.2, 0) is 14.2 Å². The van der Waals surface area contributed by atoms with E-state index in [0.717, 1.165) is 0 Å². The quantitative estimate of drug-likeness (QED) is 0.460. The molecule has 0 radical (unpaired) electrons. The van der Waals surface area contributed by atoms with Crippen molar-refractivity contribution in [1.82, 2.24) is 0 Å². The van der Waals surface area contributed by atoms with Crippen molar-refractivity contribution in [3.63, 3.8) is 0 Å². The highest BCUT2D eigenvalue weighted by molar-refractivity contribution is 5.56. The van der Waals surface area contributed by atoms with Crippen molar-refractivity contribution >= 4 is 6.16 Å². The smallest absolute Gasteiger partial charge is 0.450 e. The van der Waals surface area contributed by atoms with Crippen LogP contribution in [0.1, 0.15) is 6.42 Å². The molecule has 0 fully saturated rings. The molecule has 0 heterocycles. The van der Waals surface area contributed by atoms with Crippen molar-refractivity contribution in [2.24, 2.45) is 0 Å². The van der Waals surface area contributed by atoms with Crippen molar-refractivity contribution in [3.05, 3.63) is 0 Å². The van der Waals surface area contributed by atoms with E-state index < -0.39 is 6.16 Å². The molecule has 0 unspecified atom stereocenters. The Hall–Kier alpha value is -0.810. The molecule has 0 rings (SSSR count). The Labute approximate surface area is 71.2 Å². The highest BCUT2D eigenvalue weighted by Gasteiger charge is 1.94. The molecule has 0 aromatic carbocycles. The lowest BCUT2D eigenvalue weighted by molar-refractivity contribution is 0.0512. The van der Waals surface area contributed by atoms with E-state index in [-0.39, 0.29) is 6.61 Å². The Kier molecular flexibility index (Phi) is 7.73. The van der Waals surface area contributed by atoms with E-state index in [1.165, 1.54) is 0 Å². The zero-order chi connectivity index (χ0) is 9.23. The molecule has 12 heavy (non-hydrogen) atoms. The number of rotatable bonds is 7. The van der Waals surface area contributed by atoms with Gasteiger partial charge in [0, 0.05) is 20.1 Å². The lowest BCUT2D eigenvalue weighted by atomic mass is 10.5. The predicted octanol–water partition coefficient (Wildman–Crippen LogP) is 0.734. The van der Waals surface area contributed by atoms with Crippen molar-refractivity contribution in [1.29, 1.82) is 0 Å². The van der Waals surface area contributed by atoms with Gasteiger partial charge in [0.2, 0.25) is 0 Å². The van der Waals surface area contributed by atoms with E-state index in [2.05, 4.69) is 4.74 Å². The van der Waals surface area contributed by atoms with Crippen LogP contribution in [0.2, 0.25) is 0 Å². The maximum absolute atomic E-state index is 9.85. The number of ether oxygens (including phenoxy) is 3. The molecular formula is C7H14O5. The maximum atomic E-state index is 9.85. The summed E-state index contributed by atoms with van der Waals surface area (Å²) < 4.78 is 14.0. The van der Waals surface area contributed by atoms with Crippen LogP contribution < -0.4 is 0 Å². The lowest BCUT2D eigenvalue weighted by Gasteiger charge is -2.02. The van der Waals surface area contributed by atoms with Crippen molar-refractivity contribution < 1.29 is 24.1 Å². The summed E-state index contributed by atoms with van der Waals surface area (Å²) in [5.41, 5.74) is 0. The van der Waals surface area contributed by atoms with Gasteiger partial charge in [0.05, 0.1) is 19.8 Å². The number of methoxy groups -OCH3 is 1. The van der Waals surface area contributed by atoms with Crippen molar-refractivity contribution in [3.8, 4) is 0 Å². The molecule has 0 bridgehead atoms. The summed E-state index contributed by atoms with van der Waals surface area (Å²) in [7, 11) is 1.59. The van der Waals surface area contributed by atoms with Gasteiger partial charge < -0.3 is 19.3 Å². The lowest BCUT2D eigenvalue weighted by Crippen LogP contribution is -2.07. The Morgan fingerprint density at radius 3 is 2.58 bits per heavy atom. The molecule has 0 aromatic heterocycles. The van der Waals surface area contributed by atoms with Crippen LogP contribution in [-0.4, -0.2) is 44.8 Å². The van der Waals surface area contributed by atoms with E-state index in [9.17, 15) is 4.79 Å². The van der Waals surface area contributed by atoms with Crippen LogP contribution >= 0.6 is 0 Å². The molecule has 0 atom stereocenters. The predicted molar refractivity (Wildman–Crippen MR) is 41.3 cm³/mol. The minimum Gasteiger partial charge on any atom is -0.450 e. The monoisotopic (exact) mass is 178 g/mol. The van der Waals surface area contributed by atoms with Crippen LogP contribution in [0.4, 0.5) is 4.79 Å². The molecule has 0 spiro atoms. The van der Waals surface area contributed by atoms with Gasteiger partial charge in [0.1, 0.15) is 0 Å². The van der Waals surface area contributed by atoms with Gasteiger partial charge in [-0.3, -0.25) is 0 Å². The molecule has 0 aromatic rings. The van der Waals surface area contributed by atoms with Gasteiger partial charge >= 0.3 is 6.16 Å². The van der Waals surface area contributed by atoms with E-state index in [4.69, 9.17) is 14.6 Å². The summed E-state index contributed by atoms with van der Waals surface area (Å²) in [6.07, 6.45) is -0.664. The molecule has 0 aliphatic heterocycles. The van der Waals surface area contributed by atoms with E-state index in [1.54, 1.807) is 7.11 Å². The van der Waals surface area contributed by atoms with Crippen molar-refractivity contribution in [2.75, 3.05) is 33.5 Å². The SMILES string of the molecule is COCCOCCCOC(=O)O. The Balaban J connectivity index is 2.86. The summed E-state index contributed by atoms with van der Waals surface area (Å²) >= 11 is 0. The molecule has 0 saturated heterocycles. The highest BCUT2D eigenvalue weighted by Crippen LogP contribution is 1.85. The zero-order valence-corrected chi connectivity index (χ0v) is 7.12. The third kappa shape index (κ3) is 9.19. The highest BCUT2D eigenvalue weighted by atomic mass is 16.7. The first-order valence-corrected chi connectivity index (χ1v) is 3.69. The summed E-state index contributed by atoms with van der Waals surface area (Å²) in [5, 5.41) is 8.07. The van der Waals surface area contributed by atoms with Gasteiger partial charge in [-0.1, -0.05) is 0 Å². The zero-order valence-electron chi connectivity index (χ0n) is 7.12. The van der Waals surface area contributed by atoms with E-state index in [0.29, 0.717) is 26.2 Å². The summed E-state index contributed by atoms with van der Waals surface area (Å²) in [6, 6.07) is 0. The van der Waals surface area contributed by atoms with Crippen LogP contribution in [0.5, 0.6) is 0 Å². The maximum Gasteiger partial charge on any atom is 0.505 e. The van der Waals surface area contributed by atoms with Crippen LogP contribution in [0.15, 0.2) is 0 Å². The van der Waals surface area contributed by atoms with Crippen molar-refractivity contribution in [2.45, 2.75) is 6.42 Å². The Morgan fingerprint density at radius 2 is 2.00 bits per heavy atom. The van der Waals surface area contributed by atoms with E-state index in [1.807, 2.05) is 0 Å². The van der Waals surface area contributed by atoms with Crippen LogP contribution in [0.3, 0.4) is 0 Å². The van der Waals surface area contributed by atoms with Gasteiger partial charge in [-0.25, -0.2) is 4.79 Å². The molecule has 0 aliphatic rings. The molecule has 0 amide bonds. The molecular weight excluding hydrogens is 164 g/mol. The minimum atomic E-state index is -1.24. The fourth-order valence-corrected chi connectivity index (χ4v) is 0.565. The third-order valence-corrected chi connectivity index (χ3v) is 1.09. The molecule has 1 N–H and O–H groups in total. The van der Waals surface area contributed by atoms with Crippen LogP contribution in [0.25, 0.3) is 0 Å². The molecule has 72 valence electrons. The number of hydrogen-bond donors (Lipinski definition) is 1. The standard InChI is InChI=1S/C7H14O5/c1-10-5-6-11-3-2-4-12-7(8)9/h2-6H2,1H3,(H,8,9). The summed E-state index contributed by atoms with van der Waals surface area (Å²) in [5.74, 6) is 0. The summed E-state index contributed by atoms with van der Waals surface area (Å²) in [6.45, 7) is 1.77. The largest absolute Gasteiger partial charge is 0.505 e. The molecule has 0 saturated carbocycles. The first-order chi connectivity index (χ1) is 5.77. The Bertz CT molecular complexity index is 114. The third-order valence-electron chi connectivity index (χ3n) is 1.09. The van der Waals surface area contributed by atoms with Gasteiger partial charge in [-0.15, -0.1) is 0 Å². The number of hydrogen-bond acceptors (Lipinski definition) is 4. The minimum absolute atomic E-state index is 0.183. The Morgan fingerprint density at radius 1 is 1.25 bits per heavy atom. The fraction of sp³-hybridized carbons (Fsp3) is 0.857. The second kappa shape index (κ2) is 8.29. The summed E-state index contributed by atoms with van der Waals surface area (Å²) in [4.78, 5) is 9.85. The first-order valence-electron chi connectivity index (χ1n) is 3.69. The van der Waals surface area contributed by atoms with Crippen LogP contribution in [0, 0.1) is 0 Å². The van der Waals surface area contributed by atoms with Gasteiger partial charge in [0.15, 0.2) is 0 Å².